The van der Waals surface area contributed by atoms with E-state index in [1.54, 1.807) is 47.9 Å². The molecule has 0 spiro atoms. The van der Waals surface area contributed by atoms with E-state index < -0.39 is 0 Å². The Kier molecular flexibility index (Phi) is 5.78. The molecule has 2 rings (SSSR count). The average Bonchev–Trinajstić information content (AvgIpc) is 2.45. The van der Waals surface area contributed by atoms with E-state index in [0.717, 1.165) is 21.3 Å². The Balaban J connectivity index is 2.20. The molecule has 2 aromatic rings. The molecule has 0 saturated heterocycles. The van der Waals surface area contributed by atoms with Crippen LogP contribution in [0.2, 0.25) is 10.0 Å². The van der Waals surface area contributed by atoms with Gasteiger partial charge in [-0.1, -0.05) is 23.2 Å². The minimum atomic E-state index is 0.673. The molecule has 0 aromatic heterocycles. The third-order valence-electron chi connectivity index (χ3n) is 2.47. The first-order chi connectivity index (χ1) is 9.63. The highest BCUT2D eigenvalue weighted by Gasteiger charge is 2.09. The first-order valence-corrected chi connectivity index (χ1v) is 8.56. The van der Waals surface area contributed by atoms with Crippen molar-refractivity contribution in [3.8, 4) is 11.5 Å². The first kappa shape index (κ1) is 15.7. The van der Waals surface area contributed by atoms with Gasteiger partial charge in [0.25, 0.3) is 0 Å². The SMILES string of the molecule is COc1ccc(Cl)cc1SSc1cc(Cl)ccc1OC. The lowest BCUT2D eigenvalue weighted by Crippen LogP contribution is -1.86. The van der Waals surface area contributed by atoms with Crippen LogP contribution in [0.1, 0.15) is 0 Å². The Hall–Kier alpha value is -0.680. The van der Waals surface area contributed by atoms with Crippen LogP contribution in [0.3, 0.4) is 0 Å². The van der Waals surface area contributed by atoms with Gasteiger partial charge in [-0.05, 0) is 58.0 Å². The molecule has 0 aliphatic rings. The summed E-state index contributed by atoms with van der Waals surface area (Å²) in [5.74, 6) is 1.57. The van der Waals surface area contributed by atoms with Crippen molar-refractivity contribution in [1.29, 1.82) is 0 Å². The second-order valence-corrected chi connectivity index (χ2v) is 6.84. The van der Waals surface area contributed by atoms with Gasteiger partial charge in [-0.3, -0.25) is 0 Å². The fourth-order valence-electron chi connectivity index (χ4n) is 1.52. The molecule has 2 nitrogen and oxygen atoms in total. The van der Waals surface area contributed by atoms with Crippen molar-refractivity contribution in [2.24, 2.45) is 0 Å². The quantitative estimate of drug-likeness (QED) is 0.635. The smallest absolute Gasteiger partial charge is 0.133 e. The molecule has 0 bridgehead atoms. The van der Waals surface area contributed by atoms with E-state index in [1.807, 2.05) is 24.3 Å². The fraction of sp³-hybridized carbons (Fsp3) is 0.143. The Morgan fingerprint density at radius 1 is 0.750 bits per heavy atom. The van der Waals surface area contributed by atoms with Crippen molar-refractivity contribution in [3.63, 3.8) is 0 Å². The highest BCUT2D eigenvalue weighted by atomic mass is 35.5. The predicted molar refractivity (Wildman–Crippen MR) is 87.7 cm³/mol. The molecule has 0 heterocycles. The normalized spacial score (nSPS) is 10.4. The summed E-state index contributed by atoms with van der Waals surface area (Å²) in [6, 6.07) is 11.0. The number of rotatable bonds is 5. The van der Waals surface area contributed by atoms with Crippen molar-refractivity contribution < 1.29 is 9.47 Å². The summed E-state index contributed by atoms with van der Waals surface area (Å²) in [5.41, 5.74) is 0. The molecule has 106 valence electrons. The third kappa shape index (κ3) is 3.92. The molecule has 0 saturated carbocycles. The monoisotopic (exact) mass is 346 g/mol. The maximum atomic E-state index is 6.02. The molecule has 0 aliphatic heterocycles. The molecule has 0 radical (unpaired) electrons. The molecule has 0 unspecified atom stereocenters. The molecule has 0 fully saturated rings. The highest BCUT2D eigenvalue weighted by Crippen LogP contribution is 2.46. The van der Waals surface area contributed by atoms with Gasteiger partial charge in [-0.2, -0.15) is 0 Å². The van der Waals surface area contributed by atoms with Crippen molar-refractivity contribution in [1.82, 2.24) is 0 Å². The van der Waals surface area contributed by atoms with Crippen molar-refractivity contribution in [3.05, 3.63) is 46.4 Å². The Labute approximate surface area is 136 Å². The fourth-order valence-corrected chi connectivity index (χ4v) is 4.31. The third-order valence-corrected chi connectivity index (χ3v) is 5.35. The number of hydrogen-bond acceptors (Lipinski definition) is 4. The van der Waals surface area contributed by atoms with Gasteiger partial charge in [0, 0.05) is 10.0 Å². The molecule has 0 N–H and O–H groups in total. The van der Waals surface area contributed by atoms with Crippen LogP contribution in [0, 0.1) is 0 Å². The van der Waals surface area contributed by atoms with Gasteiger partial charge in [0.15, 0.2) is 0 Å². The van der Waals surface area contributed by atoms with Gasteiger partial charge in [0.2, 0.25) is 0 Å². The second kappa shape index (κ2) is 7.36. The summed E-state index contributed by atoms with van der Waals surface area (Å²) >= 11 is 12.0. The van der Waals surface area contributed by atoms with E-state index in [-0.39, 0.29) is 0 Å². The summed E-state index contributed by atoms with van der Waals surface area (Å²) in [4.78, 5) is 1.90. The van der Waals surface area contributed by atoms with E-state index in [9.17, 15) is 0 Å². The van der Waals surface area contributed by atoms with E-state index in [4.69, 9.17) is 32.7 Å². The van der Waals surface area contributed by atoms with Gasteiger partial charge >= 0.3 is 0 Å². The number of methoxy groups -OCH3 is 2. The van der Waals surface area contributed by atoms with Crippen LogP contribution in [-0.2, 0) is 0 Å². The largest absolute Gasteiger partial charge is 0.496 e. The standard InChI is InChI=1S/C14H12Cl2O2S2/c1-17-11-5-3-9(15)7-13(11)19-20-14-8-10(16)4-6-12(14)18-2/h3-8H,1-2H3. The molecule has 2 aromatic carbocycles. The Bertz CT molecular complexity index is 552. The van der Waals surface area contributed by atoms with Crippen LogP contribution >= 0.6 is 44.8 Å². The van der Waals surface area contributed by atoms with Crippen molar-refractivity contribution >= 4 is 44.8 Å². The number of hydrogen-bond donors (Lipinski definition) is 0. The minimum Gasteiger partial charge on any atom is -0.496 e. The number of benzene rings is 2. The molecular weight excluding hydrogens is 335 g/mol. The van der Waals surface area contributed by atoms with Crippen LogP contribution in [0.15, 0.2) is 46.2 Å². The van der Waals surface area contributed by atoms with Crippen LogP contribution in [0.5, 0.6) is 11.5 Å². The lowest BCUT2D eigenvalue weighted by atomic mass is 10.3. The summed E-state index contributed by atoms with van der Waals surface area (Å²) in [6.45, 7) is 0. The molecule has 20 heavy (non-hydrogen) atoms. The molecular formula is C14H12Cl2O2S2. The minimum absolute atomic E-state index is 0.673. The molecule has 0 atom stereocenters. The maximum Gasteiger partial charge on any atom is 0.133 e. The topological polar surface area (TPSA) is 18.5 Å². The molecule has 0 amide bonds. The van der Waals surface area contributed by atoms with Gasteiger partial charge < -0.3 is 9.47 Å². The zero-order valence-corrected chi connectivity index (χ0v) is 14.0. The first-order valence-electron chi connectivity index (χ1n) is 5.65. The van der Waals surface area contributed by atoms with Crippen LogP contribution < -0.4 is 9.47 Å². The molecule has 6 heteroatoms. The van der Waals surface area contributed by atoms with E-state index in [2.05, 4.69) is 0 Å². The van der Waals surface area contributed by atoms with Crippen LogP contribution in [0.25, 0.3) is 0 Å². The lowest BCUT2D eigenvalue weighted by Gasteiger charge is -2.10. The summed E-state index contributed by atoms with van der Waals surface area (Å²) in [7, 11) is 6.37. The number of ether oxygens (including phenoxy) is 2. The zero-order valence-electron chi connectivity index (χ0n) is 10.9. The molecule has 0 aliphatic carbocycles. The zero-order chi connectivity index (χ0) is 14.5. The van der Waals surface area contributed by atoms with E-state index >= 15 is 0 Å². The summed E-state index contributed by atoms with van der Waals surface area (Å²) in [5, 5.41) is 1.35. The lowest BCUT2D eigenvalue weighted by molar-refractivity contribution is 0.404. The van der Waals surface area contributed by atoms with Crippen LogP contribution in [0.4, 0.5) is 0 Å². The number of halogens is 2. The maximum absolute atomic E-state index is 6.02. The summed E-state index contributed by atoms with van der Waals surface area (Å²) in [6.07, 6.45) is 0. The highest BCUT2D eigenvalue weighted by molar-refractivity contribution is 8.76. The van der Waals surface area contributed by atoms with Crippen molar-refractivity contribution in [2.45, 2.75) is 9.79 Å². The van der Waals surface area contributed by atoms with Gasteiger partial charge in [-0.15, -0.1) is 0 Å². The average molecular weight is 347 g/mol. The van der Waals surface area contributed by atoms with E-state index in [1.165, 1.54) is 0 Å². The van der Waals surface area contributed by atoms with Gasteiger partial charge in [0.05, 0.1) is 24.0 Å². The Morgan fingerprint density at radius 3 is 1.50 bits per heavy atom. The van der Waals surface area contributed by atoms with Gasteiger partial charge in [0.1, 0.15) is 11.5 Å². The van der Waals surface area contributed by atoms with E-state index in [0.29, 0.717) is 10.0 Å². The second-order valence-electron chi connectivity index (χ2n) is 3.76. The van der Waals surface area contributed by atoms with Gasteiger partial charge in [-0.25, -0.2) is 0 Å². The predicted octanol–water partition coefficient (Wildman–Crippen LogP) is 5.81. The summed E-state index contributed by atoms with van der Waals surface area (Å²) < 4.78 is 10.6. The van der Waals surface area contributed by atoms with Crippen molar-refractivity contribution in [2.75, 3.05) is 14.2 Å². The van der Waals surface area contributed by atoms with Crippen LogP contribution in [-0.4, -0.2) is 14.2 Å². The Morgan fingerprint density at radius 2 is 1.15 bits per heavy atom.